The fourth-order valence-electron chi connectivity index (χ4n) is 4.21. The summed E-state index contributed by atoms with van der Waals surface area (Å²) in [4.78, 5) is 27.6. The van der Waals surface area contributed by atoms with Gasteiger partial charge in [-0.05, 0) is 36.4 Å². The highest BCUT2D eigenvalue weighted by molar-refractivity contribution is 6.35. The Hall–Kier alpha value is -5.78. The van der Waals surface area contributed by atoms with Crippen molar-refractivity contribution in [3.05, 3.63) is 96.1 Å². The van der Waals surface area contributed by atoms with Crippen molar-refractivity contribution in [2.24, 2.45) is 0 Å². The molecule has 6 rings (SSSR count). The highest BCUT2D eigenvalue weighted by Crippen LogP contribution is 2.27. The van der Waals surface area contributed by atoms with E-state index in [4.69, 9.17) is 0 Å². The van der Waals surface area contributed by atoms with Crippen LogP contribution in [0.5, 0.6) is 11.5 Å². The Balaban J connectivity index is 1.10. The first kappa shape index (κ1) is 24.6. The lowest BCUT2D eigenvalue weighted by Crippen LogP contribution is -2.39. The smallest absolute Gasteiger partial charge is 0.309 e. The molecule has 0 aliphatic rings. The van der Waals surface area contributed by atoms with Gasteiger partial charge in [0.15, 0.2) is 0 Å². The second kappa shape index (κ2) is 10.2. The fourth-order valence-corrected chi connectivity index (χ4v) is 4.21. The van der Waals surface area contributed by atoms with E-state index in [2.05, 4.69) is 31.0 Å². The van der Waals surface area contributed by atoms with Gasteiger partial charge in [-0.15, -0.1) is 30.0 Å². The number of nitrogens with zero attached hydrogens (tertiary/aromatic N) is 6. The second-order valence-corrected chi connectivity index (χ2v) is 8.89. The maximum absolute atomic E-state index is 12.5. The SMILES string of the molecule is O=C(NCc1cccc(-n2nc3ccccc3n2)c1O)C(=O)NCc1cccc(-n2nc3ccccc3n2)c1O. The Kier molecular flexibility index (Phi) is 6.24. The maximum Gasteiger partial charge on any atom is 0.309 e. The van der Waals surface area contributed by atoms with E-state index in [0.29, 0.717) is 44.6 Å². The molecule has 0 atom stereocenters. The first-order chi connectivity index (χ1) is 19.5. The maximum atomic E-state index is 12.5. The third-order valence-corrected chi connectivity index (χ3v) is 6.29. The van der Waals surface area contributed by atoms with Crippen LogP contribution in [0, 0.1) is 0 Å². The molecule has 2 aromatic heterocycles. The molecular formula is C28H22N8O4. The minimum Gasteiger partial charge on any atom is -0.505 e. The number of para-hydroxylation sites is 2. The van der Waals surface area contributed by atoms with Crippen molar-refractivity contribution < 1.29 is 19.8 Å². The molecule has 0 aliphatic carbocycles. The minimum atomic E-state index is -0.900. The number of amides is 2. The van der Waals surface area contributed by atoms with Crippen molar-refractivity contribution >= 4 is 33.9 Å². The predicted molar refractivity (Wildman–Crippen MR) is 145 cm³/mol. The number of rotatable bonds is 6. The molecule has 4 aromatic carbocycles. The summed E-state index contributed by atoms with van der Waals surface area (Å²) in [7, 11) is 0. The van der Waals surface area contributed by atoms with Gasteiger partial charge in [-0.1, -0.05) is 48.5 Å². The van der Waals surface area contributed by atoms with Gasteiger partial charge in [-0.3, -0.25) is 9.59 Å². The summed E-state index contributed by atoms with van der Waals surface area (Å²) in [5.41, 5.74) is 4.11. The average Bonchev–Trinajstić information content (AvgIpc) is 3.60. The van der Waals surface area contributed by atoms with Gasteiger partial charge < -0.3 is 20.8 Å². The zero-order valence-corrected chi connectivity index (χ0v) is 20.9. The van der Waals surface area contributed by atoms with Crippen LogP contribution >= 0.6 is 0 Å². The van der Waals surface area contributed by atoms with E-state index in [9.17, 15) is 19.8 Å². The first-order valence-electron chi connectivity index (χ1n) is 12.3. The summed E-state index contributed by atoms with van der Waals surface area (Å²) >= 11 is 0. The van der Waals surface area contributed by atoms with E-state index in [-0.39, 0.29) is 24.6 Å². The number of carbonyl (C=O) groups excluding carboxylic acids is 2. The standard InChI is InChI=1S/C28H22N8O4/c37-25-17(7-5-13-23(25)35-31-19-9-1-2-10-20(19)32-35)15-29-27(39)28(40)30-16-18-8-6-14-24(26(18)38)36-33-21-11-3-4-12-22(21)34-36/h1-14,37-38H,15-16H2,(H,29,39)(H,30,40). The van der Waals surface area contributed by atoms with Gasteiger partial charge in [-0.25, -0.2) is 0 Å². The molecule has 2 heterocycles. The number of nitrogens with one attached hydrogen (secondary N) is 2. The lowest BCUT2D eigenvalue weighted by molar-refractivity contribution is -0.139. The number of phenolic OH excluding ortho intramolecular Hbond substituents is 2. The molecule has 0 unspecified atom stereocenters. The Morgan fingerprint density at radius 1 is 0.550 bits per heavy atom. The van der Waals surface area contributed by atoms with E-state index in [1.165, 1.54) is 9.59 Å². The zero-order valence-electron chi connectivity index (χ0n) is 20.9. The number of fused-ring (bicyclic) bond motifs is 2. The van der Waals surface area contributed by atoms with Crippen LogP contribution in [-0.2, 0) is 22.7 Å². The normalized spacial score (nSPS) is 11.1. The van der Waals surface area contributed by atoms with E-state index in [1.807, 2.05) is 48.5 Å². The van der Waals surface area contributed by atoms with Crippen molar-refractivity contribution in [1.82, 2.24) is 40.6 Å². The van der Waals surface area contributed by atoms with Gasteiger partial charge in [0.2, 0.25) is 0 Å². The number of carbonyl (C=O) groups is 2. The quantitative estimate of drug-likeness (QED) is 0.237. The van der Waals surface area contributed by atoms with Gasteiger partial charge in [0.1, 0.15) is 44.9 Å². The van der Waals surface area contributed by atoms with Gasteiger partial charge in [0.25, 0.3) is 0 Å². The summed E-state index contributed by atoms with van der Waals surface area (Å²) < 4.78 is 0. The minimum absolute atomic E-state index is 0.105. The van der Waals surface area contributed by atoms with Crippen molar-refractivity contribution in [3.63, 3.8) is 0 Å². The van der Waals surface area contributed by atoms with Crippen LogP contribution in [0.2, 0.25) is 0 Å². The van der Waals surface area contributed by atoms with Gasteiger partial charge in [-0.2, -0.15) is 0 Å². The van der Waals surface area contributed by atoms with Crippen molar-refractivity contribution in [3.8, 4) is 22.9 Å². The molecule has 2 amide bonds. The first-order valence-corrected chi connectivity index (χ1v) is 12.3. The number of hydrogen-bond donors (Lipinski definition) is 4. The monoisotopic (exact) mass is 534 g/mol. The van der Waals surface area contributed by atoms with Crippen LogP contribution in [0.4, 0.5) is 0 Å². The second-order valence-electron chi connectivity index (χ2n) is 8.89. The third-order valence-electron chi connectivity index (χ3n) is 6.29. The van der Waals surface area contributed by atoms with E-state index < -0.39 is 11.8 Å². The largest absolute Gasteiger partial charge is 0.505 e. The number of benzene rings is 4. The third kappa shape index (κ3) is 4.65. The molecule has 12 heteroatoms. The molecule has 12 nitrogen and oxygen atoms in total. The highest BCUT2D eigenvalue weighted by atomic mass is 16.3. The molecule has 0 saturated heterocycles. The summed E-state index contributed by atoms with van der Waals surface area (Å²) in [5.74, 6) is -2.04. The highest BCUT2D eigenvalue weighted by Gasteiger charge is 2.18. The van der Waals surface area contributed by atoms with Crippen LogP contribution in [0.15, 0.2) is 84.9 Å². The van der Waals surface area contributed by atoms with Crippen molar-refractivity contribution in [1.29, 1.82) is 0 Å². The van der Waals surface area contributed by atoms with Crippen LogP contribution in [0.3, 0.4) is 0 Å². The van der Waals surface area contributed by atoms with Crippen molar-refractivity contribution in [2.45, 2.75) is 13.1 Å². The molecule has 0 aliphatic heterocycles. The van der Waals surface area contributed by atoms with Gasteiger partial charge in [0.05, 0.1) is 0 Å². The van der Waals surface area contributed by atoms with Crippen molar-refractivity contribution in [2.75, 3.05) is 0 Å². The molecule has 0 spiro atoms. The molecule has 0 bridgehead atoms. The Morgan fingerprint density at radius 3 is 1.25 bits per heavy atom. The lowest BCUT2D eigenvalue weighted by atomic mass is 10.1. The van der Waals surface area contributed by atoms with E-state index in [1.54, 1.807) is 36.4 Å². The summed E-state index contributed by atoms with van der Waals surface area (Å²) in [5, 5.41) is 44.0. The van der Waals surface area contributed by atoms with Gasteiger partial charge >= 0.3 is 11.8 Å². The molecule has 198 valence electrons. The molecule has 0 fully saturated rings. The number of hydrogen-bond acceptors (Lipinski definition) is 8. The molecule has 4 N–H and O–H groups in total. The summed E-state index contributed by atoms with van der Waals surface area (Å²) in [6.07, 6.45) is 0. The van der Waals surface area contributed by atoms with E-state index in [0.717, 1.165) is 0 Å². The summed E-state index contributed by atoms with van der Waals surface area (Å²) in [6.45, 7) is -0.210. The summed E-state index contributed by atoms with van der Waals surface area (Å²) in [6, 6.07) is 24.5. The topological polar surface area (TPSA) is 160 Å². The van der Waals surface area contributed by atoms with E-state index >= 15 is 0 Å². The Labute approximate surface area is 226 Å². The zero-order chi connectivity index (χ0) is 27.6. The van der Waals surface area contributed by atoms with Crippen LogP contribution in [-0.4, -0.2) is 52.0 Å². The molecule has 40 heavy (non-hydrogen) atoms. The van der Waals surface area contributed by atoms with Crippen LogP contribution in [0.25, 0.3) is 33.4 Å². The number of aromatic hydroxyl groups is 2. The van der Waals surface area contributed by atoms with Gasteiger partial charge in [0, 0.05) is 24.2 Å². The lowest BCUT2D eigenvalue weighted by Gasteiger charge is -2.11. The van der Waals surface area contributed by atoms with Crippen LogP contribution in [0.1, 0.15) is 11.1 Å². The Morgan fingerprint density at radius 2 is 0.900 bits per heavy atom. The molecular weight excluding hydrogens is 512 g/mol. The number of phenols is 2. The number of aromatic nitrogens is 6. The average molecular weight is 535 g/mol. The predicted octanol–water partition coefficient (Wildman–Crippen LogP) is 2.50. The fraction of sp³-hybridized carbons (Fsp3) is 0.0714. The Bertz CT molecular complexity index is 1690. The molecule has 0 radical (unpaired) electrons. The molecule has 0 saturated carbocycles. The van der Waals surface area contributed by atoms with Crippen LogP contribution < -0.4 is 10.6 Å². The molecule has 6 aromatic rings.